The first kappa shape index (κ1) is 15.6. The number of hydrogen-bond acceptors (Lipinski definition) is 6. The van der Waals surface area contributed by atoms with Crippen molar-refractivity contribution >= 4 is 11.3 Å². The van der Waals surface area contributed by atoms with Crippen LogP contribution in [0.15, 0.2) is 17.5 Å². The molecular formula is C15H20N2O3S. The van der Waals surface area contributed by atoms with Crippen LogP contribution in [0.25, 0.3) is 0 Å². The van der Waals surface area contributed by atoms with Crippen molar-refractivity contribution in [3.63, 3.8) is 0 Å². The number of ether oxygens (including phenoxy) is 3. The number of thiazole rings is 1. The Morgan fingerprint density at radius 1 is 1.19 bits per heavy atom. The summed E-state index contributed by atoms with van der Waals surface area (Å²) in [6.45, 7) is 2.93. The van der Waals surface area contributed by atoms with E-state index in [1.165, 1.54) is 0 Å². The maximum atomic E-state index is 5.85. The molecule has 2 N–H and O–H groups in total. The van der Waals surface area contributed by atoms with Gasteiger partial charge in [0.05, 0.1) is 24.9 Å². The molecule has 5 nitrogen and oxygen atoms in total. The van der Waals surface area contributed by atoms with Crippen molar-refractivity contribution in [3.8, 4) is 17.2 Å². The molecule has 0 spiro atoms. The lowest BCUT2D eigenvalue weighted by molar-refractivity contribution is 0.263. The van der Waals surface area contributed by atoms with Crippen LogP contribution in [0.5, 0.6) is 17.2 Å². The van der Waals surface area contributed by atoms with E-state index in [9.17, 15) is 0 Å². The smallest absolute Gasteiger partial charge is 0.203 e. The van der Waals surface area contributed by atoms with Crippen LogP contribution in [-0.2, 0) is 13.0 Å². The highest BCUT2D eigenvalue weighted by Crippen LogP contribution is 2.39. The van der Waals surface area contributed by atoms with Gasteiger partial charge in [0.2, 0.25) is 5.75 Å². The molecule has 0 aliphatic heterocycles. The van der Waals surface area contributed by atoms with Gasteiger partial charge < -0.3 is 19.9 Å². The normalized spacial score (nSPS) is 10.5. The van der Waals surface area contributed by atoms with Crippen molar-refractivity contribution in [1.82, 2.24) is 4.98 Å². The number of methoxy groups -OCH3 is 2. The molecule has 0 atom stereocenters. The summed E-state index contributed by atoms with van der Waals surface area (Å²) < 4.78 is 16.7. The minimum absolute atomic E-state index is 0.382. The van der Waals surface area contributed by atoms with Crippen molar-refractivity contribution in [1.29, 1.82) is 0 Å². The van der Waals surface area contributed by atoms with Crippen molar-refractivity contribution in [3.05, 3.63) is 33.8 Å². The minimum Gasteiger partial charge on any atom is -0.493 e. The van der Waals surface area contributed by atoms with E-state index in [4.69, 9.17) is 19.9 Å². The van der Waals surface area contributed by atoms with Crippen LogP contribution in [0, 0.1) is 6.92 Å². The van der Waals surface area contributed by atoms with Crippen LogP contribution in [0.3, 0.4) is 0 Å². The number of rotatable bonds is 7. The van der Waals surface area contributed by atoms with Crippen LogP contribution < -0.4 is 19.9 Å². The van der Waals surface area contributed by atoms with Crippen LogP contribution in [0.2, 0.25) is 0 Å². The molecule has 0 amide bonds. The lowest BCUT2D eigenvalue weighted by atomic mass is 10.1. The highest BCUT2D eigenvalue weighted by atomic mass is 32.1. The van der Waals surface area contributed by atoms with E-state index in [1.807, 2.05) is 24.4 Å². The molecule has 2 rings (SSSR count). The highest BCUT2D eigenvalue weighted by Gasteiger charge is 2.14. The van der Waals surface area contributed by atoms with Gasteiger partial charge in [0.25, 0.3) is 0 Å². The number of aryl methyl sites for hydroxylation is 1. The minimum atomic E-state index is 0.382. The predicted molar refractivity (Wildman–Crippen MR) is 83.5 cm³/mol. The molecule has 0 unspecified atom stereocenters. The van der Waals surface area contributed by atoms with Gasteiger partial charge in [-0.25, -0.2) is 4.98 Å². The van der Waals surface area contributed by atoms with E-state index in [0.717, 1.165) is 22.7 Å². The predicted octanol–water partition coefficient (Wildman–Crippen LogP) is 2.55. The topological polar surface area (TPSA) is 66.6 Å². The number of nitrogens with two attached hydrogens (primary N) is 1. The fourth-order valence-corrected chi connectivity index (χ4v) is 2.61. The largest absolute Gasteiger partial charge is 0.493 e. The van der Waals surface area contributed by atoms with Gasteiger partial charge in [-0.1, -0.05) is 0 Å². The van der Waals surface area contributed by atoms with E-state index >= 15 is 0 Å². The molecule has 0 bridgehead atoms. The fourth-order valence-electron chi connectivity index (χ4n) is 2.01. The van der Waals surface area contributed by atoms with Gasteiger partial charge in [0.1, 0.15) is 6.61 Å². The van der Waals surface area contributed by atoms with Gasteiger partial charge in [-0.15, -0.1) is 11.3 Å². The Morgan fingerprint density at radius 3 is 2.33 bits per heavy atom. The summed E-state index contributed by atoms with van der Waals surface area (Å²) in [4.78, 5) is 4.38. The zero-order valence-corrected chi connectivity index (χ0v) is 13.3. The molecule has 1 heterocycles. The van der Waals surface area contributed by atoms with E-state index in [0.29, 0.717) is 30.4 Å². The average Bonchev–Trinajstić information content (AvgIpc) is 2.90. The quantitative estimate of drug-likeness (QED) is 0.851. The molecule has 114 valence electrons. The molecule has 2 aromatic rings. The number of hydrogen-bond donors (Lipinski definition) is 1. The lowest BCUT2D eigenvalue weighted by Crippen LogP contribution is -2.05. The summed E-state index contributed by atoms with van der Waals surface area (Å²) in [5.41, 5.74) is 7.55. The number of benzene rings is 1. The van der Waals surface area contributed by atoms with Crippen LogP contribution >= 0.6 is 11.3 Å². The second-order valence-corrected chi connectivity index (χ2v) is 5.58. The number of aromatic nitrogens is 1. The van der Waals surface area contributed by atoms with E-state index in [-0.39, 0.29) is 0 Å². The first-order chi connectivity index (χ1) is 10.2. The van der Waals surface area contributed by atoms with Crippen molar-refractivity contribution < 1.29 is 14.2 Å². The average molecular weight is 308 g/mol. The third-order valence-electron chi connectivity index (χ3n) is 2.98. The Kier molecular flexibility index (Phi) is 5.41. The standard InChI is InChI=1S/C15H20N2O3S/c1-10-17-12(9-21-10)8-20-15-13(18-2)6-11(4-5-16)7-14(15)19-3/h6-7,9H,4-5,8,16H2,1-3H3. The van der Waals surface area contributed by atoms with Crippen molar-refractivity contribution in [2.75, 3.05) is 20.8 Å². The Hall–Kier alpha value is -1.79. The van der Waals surface area contributed by atoms with Gasteiger partial charge in [0, 0.05) is 5.38 Å². The SMILES string of the molecule is COc1cc(CCN)cc(OC)c1OCc1csc(C)n1. The lowest BCUT2D eigenvalue weighted by Gasteiger charge is -2.15. The van der Waals surface area contributed by atoms with Gasteiger partial charge in [-0.3, -0.25) is 0 Å². The van der Waals surface area contributed by atoms with Crippen LogP contribution in [-0.4, -0.2) is 25.7 Å². The third-order valence-corrected chi connectivity index (χ3v) is 3.81. The summed E-state index contributed by atoms with van der Waals surface area (Å²) in [5.74, 6) is 1.88. The molecule has 0 fully saturated rings. The second-order valence-electron chi connectivity index (χ2n) is 4.51. The molecule has 0 aliphatic rings. The van der Waals surface area contributed by atoms with E-state index < -0.39 is 0 Å². The van der Waals surface area contributed by atoms with Gasteiger partial charge in [-0.05, 0) is 37.6 Å². The first-order valence-electron chi connectivity index (χ1n) is 6.66. The molecule has 1 aromatic carbocycles. The Bertz CT molecular complexity index is 573. The Balaban J connectivity index is 2.23. The Labute approximate surface area is 128 Å². The number of nitrogens with zero attached hydrogens (tertiary/aromatic N) is 1. The summed E-state index contributed by atoms with van der Waals surface area (Å²) in [5, 5.41) is 3.00. The fraction of sp³-hybridized carbons (Fsp3) is 0.400. The molecule has 21 heavy (non-hydrogen) atoms. The van der Waals surface area contributed by atoms with Gasteiger partial charge in [0.15, 0.2) is 11.5 Å². The van der Waals surface area contributed by atoms with E-state index in [1.54, 1.807) is 25.6 Å². The maximum Gasteiger partial charge on any atom is 0.203 e. The first-order valence-corrected chi connectivity index (χ1v) is 7.54. The molecule has 0 radical (unpaired) electrons. The maximum absolute atomic E-state index is 5.85. The summed E-state index contributed by atoms with van der Waals surface area (Å²) in [6, 6.07) is 3.86. The molecule has 6 heteroatoms. The molecule has 0 saturated heterocycles. The molecule has 0 saturated carbocycles. The van der Waals surface area contributed by atoms with Crippen molar-refractivity contribution in [2.24, 2.45) is 5.73 Å². The summed E-state index contributed by atoms with van der Waals surface area (Å²) in [7, 11) is 3.22. The highest BCUT2D eigenvalue weighted by molar-refractivity contribution is 7.09. The monoisotopic (exact) mass is 308 g/mol. The van der Waals surface area contributed by atoms with E-state index in [2.05, 4.69) is 4.98 Å². The molecular weight excluding hydrogens is 288 g/mol. The van der Waals surface area contributed by atoms with Crippen LogP contribution in [0.4, 0.5) is 0 Å². The zero-order valence-electron chi connectivity index (χ0n) is 12.5. The van der Waals surface area contributed by atoms with Crippen LogP contribution in [0.1, 0.15) is 16.3 Å². The summed E-state index contributed by atoms with van der Waals surface area (Å²) >= 11 is 1.60. The van der Waals surface area contributed by atoms with Crippen molar-refractivity contribution in [2.45, 2.75) is 20.0 Å². The van der Waals surface area contributed by atoms with Gasteiger partial charge in [-0.2, -0.15) is 0 Å². The Morgan fingerprint density at radius 2 is 1.86 bits per heavy atom. The molecule has 1 aromatic heterocycles. The summed E-state index contributed by atoms with van der Waals surface area (Å²) in [6.07, 6.45) is 0.762. The third kappa shape index (κ3) is 3.86. The molecule has 0 aliphatic carbocycles. The zero-order chi connectivity index (χ0) is 15.2. The van der Waals surface area contributed by atoms with Gasteiger partial charge >= 0.3 is 0 Å². The second kappa shape index (κ2) is 7.28.